The molecule has 0 heterocycles. The molecule has 0 fully saturated rings. The van der Waals surface area contributed by atoms with Gasteiger partial charge in [-0.25, -0.2) is 0 Å². The Morgan fingerprint density at radius 2 is 0.625 bits per heavy atom. The van der Waals surface area contributed by atoms with Crippen LogP contribution < -0.4 is 0 Å². The molecule has 0 spiro atoms. The molecule has 0 heteroatoms. The van der Waals surface area contributed by atoms with Crippen LogP contribution >= 0.6 is 0 Å². The molecule has 0 bridgehead atoms. The summed E-state index contributed by atoms with van der Waals surface area (Å²) in [5.74, 6) is 0. The van der Waals surface area contributed by atoms with Crippen molar-refractivity contribution in [3.8, 4) is 89.0 Å². The van der Waals surface area contributed by atoms with Gasteiger partial charge in [0.25, 0.3) is 0 Å². The van der Waals surface area contributed by atoms with Crippen molar-refractivity contribution in [2.24, 2.45) is 0 Å². The summed E-state index contributed by atoms with van der Waals surface area (Å²) in [6, 6.07) is 79.4. The van der Waals surface area contributed by atoms with Gasteiger partial charge in [0.1, 0.15) is 0 Å². The molecule has 11 aromatic rings. The maximum absolute atomic E-state index is 2.44. The summed E-state index contributed by atoms with van der Waals surface area (Å²) in [5, 5.41) is 7.93. The van der Waals surface area contributed by atoms with Crippen LogP contribution in [-0.2, 0) is 5.41 Å². The smallest absolute Gasteiger partial charge is 0.0159 e. The highest BCUT2D eigenvalue weighted by atomic mass is 14.4. The van der Waals surface area contributed by atoms with Crippen molar-refractivity contribution in [2.45, 2.75) is 26.2 Å². The molecule has 0 aromatic heterocycles. The Hall–Kier alpha value is -7.80. The van der Waals surface area contributed by atoms with Gasteiger partial charge in [-0.1, -0.05) is 214 Å². The lowest BCUT2D eigenvalue weighted by Crippen LogP contribution is -2.15. The predicted octanol–water partition coefficient (Wildman–Crippen LogP) is 17.7. The van der Waals surface area contributed by atoms with Gasteiger partial charge >= 0.3 is 0 Å². The fourth-order valence-corrected chi connectivity index (χ4v) is 11.3. The van der Waals surface area contributed by atoms with E-state index in [4.69, 9.17) is 0 Å². The van der Waals surface area contributed by atoms with Gasteiger partial charge in [0.15, 0.2) is 0 Å². The number of hydrogen-bond acceptors (Lipinski definition) is 0. The highest BCUT2D eigenvalue weighted by molar-refractivity contribution is 6.19. The summed E-state index contributed by atoms with van der Waals surface area (Å²) in [7, 11) is 0. The molecule has 0 N–H and O–H groups in total. The first kappa shape index (κ1) is 36.8. The molecule has 64 heavy (non-hydrogen) atoms. The second kappa shape index (κ2) is 13.9. The van der Waals surface area contributed by atoms with E-state index in [9.17, 15) is 0 Å². The summed E-state index contributed by atoms with van der Waals surface area (Å²) in [4.78, 5) is 0. The van der Waals surface area contributed by atoms with Crippen molar-refractivity contribution in [3.63, 3.8) is 0 Å². The summed E-state index contributed by atoms with van der Waals surface area (Å²) in [5.41, 5.74) is 24.5. The Kier molecular flexibility index (Phi) is 7.97. The van der Waals surface area contributed by atoms with Crippen molar-refractivity contribution >= 4 is 32.3 Å². The van der Waals surface area contributed by atoms with Crippen LogP contribution in [0.3, 0.4) is 0 Å². The van der Waals surface area contributed by atoms with Gasteiger partial charge in [-0.15, -0.1) is 0 Å². The van der Waals surface area contributed by atoms with Crippen LogP contribution in [0.1, 0.15) is 30.5 Å². The Morgan fingerprint density at radius 1 is 0.266 bits per heavy atom. The standard InChI is InChI=1S/C64H44/c1-39-48-11-4-8-15-55(48)62(56-16-9-5-12-49(39)56)45-29-25-43(26-30-45)47-32-34-54-53-33-31-46(37-60(53)64(2,3)61(54)38-47)42-21-19-40(20-22-42)41-23-27-44(28-24-41)50-35-36-59-52-14-7-6-13-51(52)58-18-10-17-57(50)63(58)59/h4-38H,1-3H3. The number of aryl methyl sites for hydroxylation is 1. The average Bonchev–Trinajstić information content (AvgIpc) is 3.80. The second-order valence-electron chi connectivity index (χ2n) is 18.4. The molecule has 0 nitrogen and oxygen atoms in total. The first-order valence-electron chi connectivity index (χ1n) is 22.6. The molecule has 0 unspecified atom stereocenters. The highest BCUT2D eigenvalue weighted by Crippen LogP contribution is 2.52. The zero-order chi connectivity index (χ0) is 42.7. The van der Waals surface area contributed by atoms with Crippen LogP contribution in [-0.4, -0.2) is 0 Å². The lowest BCUT2D eigenvalue weighted by atomic mass is 9.80. The maximum atomic E-state index is 2.44. The Labute approximate surface area is 374 Å². The highest BCUT2D eigenvalue weighted by Gasteiger charge is 2.36. The number of fused-ring (bicyclic) bond motifs is 8. The van der Waals surface area contributed by atoms with E-state index in [1.54, 1.807) is 0 Å². The van der Waals surface area contributed by atoms with Crippen LogP contribution in [0.2, 0.25) is 0 Å². The predicted molar refractivity (Wildman–Crippen MR) is 273 cm³/mol. The summed E-state index contributed by atoms with van der Waals surface area (Å²) >= 11 is 0. The van der Waals surface area contributed by atoms with E-state index in [0.717, 1.165) is 0 Å². The number of rotatable bonds is 5. The fraction of sp³-hybridized carbons (Fsp3) is 0.0625. The third kappa shape index (κ3) is 5.42. The zero-order valence-electron chi connectivity index (χ0n) is 36.2. The minimum atomic E-state index is -0.132. The average molecular weight is 813 g/mol. The molecular formula is C64H44. The molecule has 11 aromatic carbocycles. The largest absolute Gasteiger partial charge is 0.0616 e. The topological polar surface area (TPSA) is 0 Å². The normalized spacial score (nSPS) is 13.0. The van der Waals surface area contributed by atoms with Crippen LogP contribution in [0.15, 0.2) is 212 Å². The van der Waals surface area contributed by atoms with E-state index in [0.29, 0.717) is 0 Å². The van der Waals surface area contributed by atoms with E-state index in [-0.39, 0.29) is 5.41 Å². The molecule has 2 aliphatic carbocycles. The fourth-order valence-electron chi connectivity index (χ4n) is 11.3. The minimum Gasteiger partial charge on any atom is -0.0616 e. The van der Waals surface area contributed by atoms with Gasteiger partial charge in [0, 0.05) is 5.41 Å². The number of hydrogen-bond donors (Lipinski definition) is 0. The van der Waals surface area contributed by atoms with Crippen LogP contribution in [0.25, 0.3) is 121 Å². The Morgan fingerprint density at radius 3 is 1.16 bits per heavy atom. The molecule has 0 saturated heterocycles. The summed E-state index contributed by atoms with van der Waals surface area (Å²) in [6.07, 6.45) is 0. The van der Waals surface area contributed by atoms with Gasteiger partial charge < -0.3 is 0 Å². The van der Waals surface area contributed by atoms with Crippen LogP contribution in [0.5, 0.6) is 0 Å². The first-order chi connectivity index (χ1) is 31.4. The van der Waals surface area contributed by atoms with Crippen molar-refractivity contribution in [2.75, 3.05) is 0 Å². The molecular weight excluding hydrogens is 769 g/mol. The second-order valence-corrected chi connectivity index (χ2v) is 18.4. The molecule has 0 amide bonds. The van der Waals surface area contributed by atoms with Crippen molar-refractivity contribution in [1.29, 1.82) is 0 Å². The SMILES string of the molecule is Cc1c2ccccc2c(-c2ccc(-c3ccc4c(c3)C(C)(C)c3cc(-c5ccc(-c6ccc(-c7ccc8c9c(cccc79)-c7ccccc7-8)cc6)cc5)ccc3-4)cc2)c2ccccc12. The van der Waals surface area contributed by atoms with E-state index in [1.807, 2.05) is 0 Å². The molecule has 2 aliphatic rings. The lowest BCUT2D eigenvalue weighted by Gasteiger charge is -2.23. The quantitative estimate of drug-likeness (QED) is 0.152. The van der Waals surface area contributed by atoms with Gasteiger partial charge in [-0.05, 0) is 157 Å². The molecule has 13 rings (SSSR count). The third-order valence-corrected chi connectivity index (χ3v) is 14.7. The van der Waals surface area contributed by atoms with Gasteiger partial charge in [0.2, 0.25) is 0 Å². The lowest BCUT2D eigenvalue weighted by molar-refractivity contribution is 0.661. The van der Waals surface area contributed by atoms with Crippen LogP contribution in [0, 0.1) is 6.92 Å². The zero-order valence-corrected chi connectivity index (χ0v) is 36.2. The Balaban J connectivity index is 0.768. The molecule has 0 radical (unpaired) electrons. The molecule has 0 aliphatic heterocycles. The Bertz CT molecular complexity index is 3630. The van der Waals surface area contributed by atoms with E-state index < -0.39 is 0 Å². The third-order valence-electron chi connectivity index (χ3n) is 14.7. The van der Waals surface area contributed by atoms with Gasteiger partial charge in [-0.2, -0.15) is 0 Å². The first-order valence-corrected chi connectivity index (χ1v) is 22.6. The van der Waals surface area contributed by atoms with E-state index in [2.05, 4.69) is 233 Å². The van der Waals surface area contributed by atoms with Gasteiger partial charge in [0.05, 0.1) is 0 Å². The maximum Gasteiger partial charge on any atom is 0.0159 e. The van der Waals surface area contributed by atoms with Crippen molar-refractivity contribution < 1.29 is 0 Å². The van der Waals surface area contributed by atoms with E-state index >= 15 is 0 Å². The minimum absolute atomic E-state index is 0.132. The number of benzene rings is 11. The van der Waals surface area contributed by atoms with Crippen LogP contribution in [0.4, 0.5) is 0 Å². The molecule has 0 saturated carbocycles. The molecule has 0 atom stereocenters. The van der Waals surface area contributed by atoms with Gasteiger partial charge in [-0.3, -0.25) is 0 Å². The summed E-state index contributed by atoms with van der Waals surface area (Å²) in [6.45, 7) is 7.02. The van der Waals surface area contributed by atoms with Crippen molar-refractivity contribution in [3.05, 3.63) is 229 Å². The monoisotopic (exact) mass is 812 g/mol. The van der Waals surface area contributed by atoms with Crippen molar-refractivity contribution in [1.82, 2.24) is 0 Å². The van der Waals surface area contributed by atoms with E-state index in [1.165, 1.54) is 138 Å². The summed E-state index contributed by atoms with van der Waals surface area (Å²) < 4.78 is 0. The molecule has 300 valence electrons.